The van der Waals surface area contributed by atoms with Gasteiger partial charge in [-0.3, -0.25) is 13.9 Å². The first-order chi connectivity index (χ1) is 10.6. The van der Waals surface area contributed by atoms with E-state index in [9.17, 15) is 14.7 Å². The van der Waals surface area contributed by atoms with Crippen molar-refractivity contribution in [3.63, 3.8) is 0 Å². The Labute approximate surface area is 154 Å². The molecular weight excluding hydrogens is 416 g/mol. The molecule has 2 N–H and O–H groups in total. The summed E-state index contributed by atoms with van der Waals surface area (Å²) in [6.45, 7) is 2.28. The summed E-state index contributed by atoms with van der Waals surface area (Å²) in [5.41, 5.74) is -0.517. The molecule has 0 radical (unpaired) electrons. The first-order valence-corrected chi connectivity index (χ1v) is 6.72. The number of aliphatic hydroxyl groups excluding tert-OH is 2. The molecule has 0 amide bonds. The monoisotopic (exact) mass is 435 g/mol. The summed E-state index contributed by atoms with van der Waals surface area (Å²) in [5, 5.41) is 27.3. The molecule has 1 aromatic heterocycles. The second kappa shape index (κ2) is 9.04. The normalized spacial score (nSPS) is 13.6. The zero-order valence-electron chi connectivity index (χ0n) is 13.7. The Hall–Kier alpha value is -1.59. The van der Waals surface area contributed by atoms with Crippen LogP contribution in [0.2, 0.25) is 0 Å². The Morgan fingerprint density at radius 2 is 1.75 bits per heavy atom. The Morgan fingerprint density at radius 1 is 1.25 bits per heavy atom. The van der Waals surface area contributed by atoms with Crippen LogP contribution in [0.25, 0.3) is 0 Å². The molecule has 0 aliphatic carbocycles. The second-order valence-electron chi connectivity index (χ2n) is 5.08. The van der Waals surface area contributed by atoms with Gasteiger partial charge in [0.25, 0.3) is 5.56 Å². The molecule has 0 spiro atoms. The molecule has 10 nitrogen and oxygen atoms in total. The number of aromatic nitrogens is 2. The van der Waals surface area contributed by atoms with Gasteiger partial charge >= 0.3 is 28.1 Å². The Bertz CT molecular complexity index is 697. The number of carboxylic acids is 1. The molecule has 0 saturated heterocycles. The molecule has 1 aliphatic rings. The zero-order valence-corrected chi connectivity index (χ0v) is 15.2. The number of anilines is 2. The number of hydrogen-bond donors (Lipinski definition) is 2. The van der Waals surface area contributed by atoms with E-state index in [0.717, 1.165) is 11.5 Å². The molecule has 11 heteroatoms. The third-order valence-electron chi connectivity index (χ3n) is 3.16. The third-order valence-corrected chi connectivity index (χ3v) is 3.16. The summed E-state index contributed by atoms with van der Waals surface area (Å²) < 4.78 is 2.39. The molecule has 0 aromatic carbocycles. The van der Waals surface area contributed by atoms with Crippen molar-refractivity contribution in [2.24, 2.45) is 14.1 Å². The molecule has 1 aliphatic heterocycles. The number of rotatable bonds is 3. The minimum atomic E-state index is -1.08. The zero-order chi connectivity index (χ0) is 17.9. The fourth-order valence-corrected chi connectivity index (χ4v) is 2.22. The average Bonchev–Trinajstić information content (AvgIpc) is 2.78. The molecular formula is C13H20AgN4O6-. The number of carbonyl (C=O) groups is 1. The van der Waals surface area contributed by atoms with Crippen LogP contribution >= 0.6 is 0 Å². The van der Waals surface area contributed by atoms with E-state index in [2.05, 4.69) is 0 Å². The minimum Gasteiger partial charge on any atom is -0.550 e. The number of carbonyl (C=O) groups excluding carboxylic acids is 1. The van der Waals surface area contributed by atoms with E-state index in [1.807, 2.05) is 0 Å². The van der Waals surface area contributed by atoms with E-state index >= 15 is 0 Å². The Balaban J connectivity index is 0.000000954. The summed E-state index contributed by atoms with van der Waals surface area (Å²) in [6.07, 6.45) is -0.961. The summed E-state index contributed by atoms with van der Waals surface area (Å²) in [6, 6.07) is 0. The maximum absolute atomic E-state index is 12.2. The molecule has 1 unspecified atom stereocenters. The first-order valence-electron chi connectivity index (χ1n) is 6.72. The van der Waals surface area contributed by atoms with Crippen LogP contribution in [-0.2, 0) is 41.3 Å². The maximum atomic E-state index is 12.2. The van der Waals surface area contributed by atoms with Gasteiger partial charge in [-0.25, -0.2) is 4.79 Å². The van der Waals surface area contributed by atoms with Crippen LogP contribution in [0.3, 0.4) is 0 Å². The van der Waals surface area contributed by atoms with Crippen molar-refractivity contribution in [2.75, 3.05) is 30.0 Å². The third kappa shape index (κ3) is 4.71. The van der Waals surface area contributed by atoms with Gasteiger partial charge in [-0.05, 0) is 14.0 Å². The van der Waals surface area contributed by atoms with Crippen molar-refractivity contribution < 1.29 is 42.5 Å². The van der Waals surface area contributed by atoms with Crippen LogP contribution in [0.5, 0.6) is 0 Å². The van der Waals surface area contributed by atoms with Crippen LogP contribution in [0.15, 0.2) is 9.59 Å². The van der Waals surface area contributed by atoms with Gasteiger partial charge < -0.3 is 29.9 Å². The number of nitrogens with zero attached hydrogens (tertiary/aromatic N) is 4. The van der Waals surface area contributed by atoms with Crippen molar-refractivity contribution in [3.05, 3.63) is 27.5 Å². The van der Waals surface area contributed by atoms with E-state index in [0.29, 0.717) is 11.5 Å². The molecule has 0 fully saturated rings. The Kier molecular flexibility index (Phi) is 8.44. The number of aliphatic carboxylic acids is 1. The van der Waals surface area contributed by atoms with Crippen LogP contribution in [0.4, 0.5) is 11.5 Å². The van der Waals surface area contributed by atoms with Crippen molar-refractivity contribution in [1.82, 2.24) is 9.13 Å². The van der Waals surface area contributed by atoms with E-state index < -0.39 is 29.9 Å². The fourth-order valence-electron chi connectivity index (χ4n) is 2.22. The van der Waals surface area contributed by atoms with Gasteiger partial charge in [-0.15, -0.1) is 0 Å². The van der Waals surface area contributed by atoms with Crippen LogP contribution in [0.1, 0.15) is 6.92 Å². The van der Waals surface area contributed by atoms with E-state index in [1.165, 1.54) is 16.5 Å². The van der Waals surface area contributed by atoms with Crippen molar-refractivity contribution in [3.8, 4) is 0 Å². The number of aliphatic hydroxyl groups is 2. The van der Waals surface area contributed by atoms with Gasteiger partial charge in [0.1, 0.15) is 11.5 Å². The van der Waals surface area contributed by atoms with Crippen molar-refractivity contribution in [2.45, 2.75) is 13.0 Å². The number of hydrogen-bond acceptors (Lipinski definition) is 8. The van der Waals surface area contributed by atoms with Crippen LogP contribution in [-0.4, -0.2) is 51.6 Å². The molecule has 0 bridgehead atoms. The average molecular weight is 436 g/mol. The standard InChI is InChI=1S/C11H17N4O4.C2H4O2.Ag/c1-12-6-15(4-7(17)5-16)8-9(12)13(2)11(19)14(3)10(8)18;1-2(3)4;/h6-7,16-17H,4-5H2,1-3H3;1H3,(H,3,4);/q-1;;+1/p-1. The van der Waals surface area contributed by atoms with Gasteiger partial charge in [-0.1, -0.05) is 0 Å². The summed E-state index contributed by atoms with van der Waals surface area (Å²) in [5.74, 6) is -0.613. The number of carboxylic acid groups (broad SMARTS) is 1. The largest absolute Gasteiger partial charge is 1.00 e. The van der Waals surface area contributed by atoms with Gasteiger partial charge in [0.2, 0.25) is 0 Å². The number of β-amino-alcohol motifs (C(OH)–C–C–N with tert-alkyl or cyclic N) is 1. The van der Waals surface area contributed by atoms with Gasteiger partial charge in [0.15, 0.2) is 0 Å². The molecule has 1 aromatic rings. The summed E-state index contributed by atoms with van der Waals surface area (Å²) in [7, 11) is 4.70. The summed E-state index contributed by atoms with van der Waals surface area (Å²) in [4.78, 5) is 36.1. The summed E-state index contributed by atoms with van der Waals surface area (Å²) >= 11 is 0. The second-order valence-corrected chi connectivity index (χ2v) is 5.08. The van der Waals surface area contributed by atoms with Crippen molar-refractivity contribution >= 4 is 17.5 Å². The van der Waals surface area contributed by atoms with Gasteiger partial charge in [0, 0.05) is 26.6 Å². The van der Waals surface area contributed by atoms with Crippen LogP contribution in [0, 0.1) is 6.67 Å². The molecule has 2 heterocycles. The smallest absolute Gasteiger partial charge is 0.550 e. The predicted octanol–water partition coefficient (Wildman–Crippen LogP) is -3.43. The Morgan fingerprint density at radius 3 is 2.21 bits per heavy atom. The maximum Gasteiger partial charge on any atom is 1.00 e. The number of fused-ring (bicyclic) bond motifs is 1. The first kappa shape index (κ1) is 22.4. The minimum absolute atomic E-state index is 0. The molecule has 1 atom stereocenters. The van der Waals surface area contributed by atoms with Gasteiger partial charge in [0.05, 0.1) is 12.7 Å². The fraction of sp³-hybridized carbons (Fsp3) is 0.538. The predicted molar refractivity (Wildman–Crippen MR) is 80.7 cm³/mol. The molecule has 140 valence electrons. The molecule has 0 saturated carbocycles. The van der Waals surface area contributed by atoms with E-state index in [4.69, 9.17) is 15.0 Å². The van der Waals surface area contributed by atoms with Gasteiger partial charge in [-0.2, -0.15) is 6.67 Å². The van der Waals surface area contributed by atoms with Crippen LogP contribution < -0.4 is 26.2 Å². The molecule has 2 rings (SSSR count). The quantitative estimate of drug-likeness (QED) is 0.370. The molecule has 24 heavy (non-hydrogen) atoms. The van der Waals surface area contributed by atoms with Crippen molar-refractivity contribution in [1.29, 1.82) is 0 Å². The van der Waals surface area contributed by atoms with E-state index in [-0.39, 0.29) is 28.9 Å². The van der Waals surface area contributed by atoms with E-state index in [1.54, 1.807) is 25.7 Å². The SMILES string of the molecule is CC(=O)[O-].CN1[CH-]N(CC(O)CO)c2c1n(C)c(=O)n(C)c2=O.[Ag+]. The topological polar surface area (TPSA) is 131 Å².